The molecule has 2 amide bonds. The van der Waals surface area contributed by atoms with Crippen molar-refractivity contribution in [1.29, 1.82) is 0 Å². The third kappa shape index (κ3) is 4.62. The van der Waals surface area contributed by atoms with Gasteiger partial charge in [0.2, 0.25) is 0 Å². The fourth-order valence-electron chi connectivity index (χ4n) is 3.98. The Labute approximate surface area is 175 Å². The van der Waals surface area contributed by atoms with Crippen molar-refractivity contribution in [2.45, 2.75) is 31.8 Å². The minimum Gasteiger partial charge on any atom is -0.376 e. The lowest BCUT2D eigenvalue weighted by molar-refractivity contribution is 0.0858. The van der Waals surface area contributed by atoms with Gasteiger partial charge in [0, 0.05) is 37.6 Å². The number of halogens is 1. The van der Waals surface area contributed by atoms with Crippen molar-refractivity contribution in [3.8, 4) is 0 Å². The molecule has 1 unspecified atom stereocenters. The van der Waals surface area contributed by atoms with E-state index in [4.69, 9.17) is 4.74 Å². The van der Waals surface area contributed by atoms with Crippen molar-refractivity contribution < 1.29 is 18.7 Å². The fraction of sp³-hybridized carbons (Fsp3) is 0.391. The molecule has 0 radical (unpaired) electrons. The summed E-state index contributed by atoms with van der Waals surface area (Å²) in [6, 6.07) is 11.1. The summed E-state index contributed by atoms with van der Waals surface area (Å²) in [6.45, 7) is 2.99. The lowest BCUT2D eigenvalue weighted by Crippen LogP contribution is -2.33. The summed E-state index contributed by atoms with van der Waals surface area (Å²) in [5, 5.41) is 5.67. The standard InChI is InChI=1S/C23H26FN3O3/c24-20-8-2-1-7-18(20)23(29)26-16-9-10-21(27-11-3-4-12-27)19(14-16)22(28)25-15-17-6-5-13-30-17/h1-2,7-10,14,17H,3-6,11-13,15H2,(H,25,28)(H,26,29). The zero-order valence-corrected chi connectivity index (χ0v) is 16.8. The van der Waals surface area contributed by atoms with E-state index in [9.17, 15) is 14.0 Å². The number of carbonyl (C=O) groups excluding carboxylic acids is 2. The molecule has 4 rings (SSSR count). The maximum Gasteiger partial charge on any atom is 0.258 e. The Morgan fingerprint density at radius 1 is 1.03 bits per heavy atom. The molecule has 0 aliphatic carbocycles. The summed E-state index contributed by atoms with van der Waals surface area (Å²) >= 11 is 0. The molecule has 2 aromatic rings. The van der Waals surface area contributed by atoms with Crippen molar-refractivity contribution in [2.24, 2.45) is 0 Å². The van der Waals surface area contributed by atoms with Crippen LogP contribution in [0.4, 0.5) is 15.8 Å². The van der Waals surface area contributed by atoms with Crippen LogP contribution in [0.5, 0.6) is 0 Å². The smallest absolute Gasteiger partial charge is 0.258 e. The van der Waals surface area contributed by atoms with Gasteiger partial charge in [0.15, 0.2) is 0 Å². The molecule has 1 atom stereocenters. The van der Waals surface area contributed by atoms with E-state index in [1.54, 1.807) is 18.2 Å². The summed E-state index contributed by atoms with van der Waals surface area (Å²) in [7, 11) is 0. The van der Waals surface area contributed by atoms with Crippen LogP contribution in [0.15, 0.2) is 42.5 Å². The molecule has 2 aliphatic rings. The molecule has 2 saturated heterocycles. The van der Waals surface area contributed by atoms with Gasteiger partial charge < -0.3 is 20.3 Å². The number of hydrogen-bond donors (Lipinski definition) is 2. The molecule has 2 N–H and O–H groups in total. The lowest BCUT2D eigenvalue weighted by Gasteiger charge is -2.22. The predicted octanol–water partition coefficient (Wildman–Crippen LogP) is 3.59. The van der Waals surface area contributed by atoms with Crippen LogP contribution in [0.1, 0.15) is 46.4 Å². The van der Waals surface area contributed by atoms with Gasteiger partial charge in [0.05, 0.1) is 17.2 Å². The van der Waals surface area contributed by atoms with Gasteiger partial charge in [-0.3, -0.25) is 9.59 Å². The Morgan fingerprint density at radius 3 is 2.57 bits per heavy atom. The second kappa shape index (κ2) is 9.26. The van der Waals surface area contributed by atoms with Crippen LogP contribution in [-0.2, 0) is 4.74 Å². The third-order valence-electron chi connectivity index (χ3n) is 5.58. The number of nitrogens with one attached hydrogen (secondary N) is 2. The number of hydrogen-bond acceptors (Lipinski definition) is 4. The average Bonchev–Trinajstić information content (AvgIpc) is 3.46. The van der Waals surface area contributed by atoms with Crippen LogP contribution in [0.25, 0.3) is 0 Å². The first-order valence-electron chi connectivity index (χ1n) is 10.5. The topological polar surface area (TPSA) is 70.7 Å². The van der Waals surface area contributed by atoms with Crippen molar-refractivity contribution in [1.82, 2.24) is 5.32 Å². The SMILES string of the molecule is O=C(Nc1ccc(N2CCCC2)c(C(=O)NCC2CCCO2)c1)c1ccccc1F. The summed E-state index contributed by atoms with van der Waals surface area (Å²) in [4.78, 5) is 27.6. The number of nitrogens with zero attached hydrogens (tertiary/aromatic N) is 1. The molecule has 2 aromatic carbocycles. The first-order chi connectivity index (χ1) is 14.6. The normalized spacial score (nSPS) is 18.4. The summed E-state index contributed by atoms with van der Waals surface area (Å²) < 4.78 is 19.5. The minimum atomic E-state index is -0.585. The predicted molar refractivity (Wildman–Crippen MR) is 114 cm³/mol. The minimum absolute atomic E-state index is 0.0366. The lowest BCUT2D eigenvalue weighted by atomic mass is 10.1. The van der Waals surface area contributed by atoms with E-state index in [1.807, 2.05) is 6.07 Å². The van der Waals surface area contributed by atoms with Crippen LogP contribution in [0.3, 0.4) is 0 Å². The van der Waals surface area contributed by atoms with Crippen molar-refractivity contribution in [3.63, 3.8) is 0 Å². The highest BCUT2D eigenvalue weighted by Gasteiger charge is 2.22. The van der Waals surface area contributed by atoms with E-state index >= 15 is 0 Å². The molecular formula is C23H26FN3O3. The number of amides is 2. The van der Waals surface area contributed by atoms with Crippen LogP contribution >= 0.6 is 0 Å². The van der Waals surface area contributed by atoms with Gasteiger partial charge >= 0.3 is 0 Å². The van der Waals surface area contributed by atoms with Crippen LogP contribution in [0, 0.1) is 5.82 Å². The van der Waals surface area contributed by atoms with E-state index in [2.05, 4.69) is 15.5 Å². The van der Waals surface area contributed by atoms with E-state index < -0.39 is 11.7 Å². The van der Waals surface area contributed by atoms with Gasteiger partial charge in [-0.05, 0) is 56.0 Å². The van der Waals surface area contributed by atoms with Gasteiger partial charge in [-0.2, -0.15) is 0 Å². The first kappa shape index (κ1) is 20.3. The Kier molecular flexibility index (Phi) is 6.28. The molecule has 2 heterocycles. The third-order valence-corrected chi connectivity index (χ3v) is 5.58. The zero-order valence-electron chi connectivity index (χ0n) is 16.8. The molecule has 30 heavy (non-hydrogen) atoms. The Bertz CT molecular complexity index is 922. The number of rotatable bonds is 6. The second-order valence-corrected chi connectivity index (χ2v) is 7.71. The van der Waals surface area contributed by atoms with Crippen LogP contribution in [0.2, 0.25) is 0 Å². The highest BCUT2D eigenvalue weighted by molar-refractivity contribution is 6.06. The van der Waals surface area contributed by atoms with E-state index in [0.717, 1.165) is 51.1 Å². The zero-order chi connectivity index (χ0) is 20.9. The molecule has 0 saturated carbocycles. The van der Waals surface area contributed by atoms with Crippen molar-refractivity contribution in [3.05, 3.63) is 59.4 Å². The summed E-state index contributed by atoms with van der Waals surface area (Å²) in [6.07, 6.45) is 4.17. The number of benzene rings is 2. The maximum atomic E-state index is 13.9. The Hall–Kier alpha value is -2.93. The maximum absolute atomic E-state index is 13.9. The summed E-state index contributed by atoms with van der Waals surface area (Å²) in [5.41, 5.74) is 1.77. The van der Waals surface area contributed by atoms with Gasteiger partial charge in [-0.25, -0.2) is 4.39 Å². The number of anilines is 2. The number of ether oxygens (including phenoxy) is 1. The van der Waals surface area contributed by atoms with Crippen LogP contribution in [-0.4, -0.2) is 44.2 Å². The highest BCUT2D eigenvalue weighted by atomic mass is 19.1. The quantitative estimate of drug-likeness (QED) is 0.762. The van der Waals surface area contributed by atoms with Gasteiger partial charge in [-0.15, -0.1) is 0 Å². The molecule has 2 fully saturated rings. The molecule has 6 nitrogen and oxygen atoms in total. The largest absolute Gasteiger partial charge is 0.376 e. The average molecular weight is 411 g/mol. The van der Waals surface area contributed by atoms with E-state index in [-0.39, 0.29) is 17.6 Å². The first-order valence-corrected chi connectivity index (χ1v) is 10.5. The fourth-order valence-corrected chi connectivity index (χ4v) is 3.98. The molecule has 158 valence electrons. The molecular weight excluding hydrogens is 385 g/mol. The molecule has 0 aromatic heterocycles. The summed E-state index contributed by atoms with van der Waals surface area (Å²) in [5.74, 6) is -1.33. The van der Waals surface area contributed by atoms with Crippen LogP contribution < -0.4 is 15.5 Å². The van der Waals surface area contributed by atoms with Crippen molar-refractivity contribution >= 4 is 23.2 Å². The van der Waals surface area contributed by atoms with Gasteiger partial charge in [-0.1, -0.05) is 12.1 Å². The Balaban J connectivity index is 1.54. The second-order valence-electron chi connectivity index (χ2n) is 7.71. The van der Waals surface area contributed by atoms with Gasteiger partial charge in [0.1, 0.15) is 5.82 Å². The van der Waals surface area contributed by atoms with E-state index in [1.165, 1.54) is 18.2 Å². The monoisotopic (exact) mass is 411 g/mol. The Morgan fingerprint density at radius 2 is 1.83 bits per heavy atom. The van der Waals surface area contributed by atoms with Gasteiger partial charge in [0.25, 0.3) is 11.8 Å². The molecule has 2 aliphatic heterocycles. The van der Waals surface area contributed by atoms with E-state index in [0.29, 0.717) is 17.8 Å². The molecule has 0 spiro atoms. The van der Waals surface area contributed by atoms with Crippen molar-refractivity contribution in [2.75, 3.05) is 36.5 Å². The highest BCUT2D eigenvalue weighted by Crippen LogP contribution is 2.28. The molecule has 7 heteroatoms. The number of carbonyl (C=O) groups is 2. The molecule has 0 bridgehead atoms.